The molecule has 1 atom stereocenters. The second-order valence-corrected chi connectivity index (χ2v) is 7.94. The SMILES string of the molecule is COc1ccccc1C(=O)N1CCn2c(nnc2C2CCCCN2C(=O)N(C)C)C1. The van der Waals surface area contributed by atoms with Crippen LogP contribution in [-0.2, 0) is 13.1 Å². The molecule has 1 aromatic carbocycles. The summed E-state index contributed by atoms with van der Waals surface area (Å²) in [5.41, 5.74) is 0.545. The van der Waals surface area contributed by atoms with Crippen LogP contribution in [0.15, 0.2) is 24.3 Å². The van der Waals surface area contributed by atoms with Crippen molar-refractivity contribution < 1.29 is 14.3 Å². The van der Waals surface area contributed by atoms with E-state index in [0.29, 0.717) is 30.9 Å². The molecule has 1 saturated heterocycles. The lowest BCUT2D eigenvalue weighted by Gasteiger charge is -2.37. The van der Waals surface area contributed by atoms with E-state index in [-0.39, 0.29) is 18.0 Å². The van der Waals surface area contributed by atoms with Crippen LogP contribution >= 0.6 is 0 Å². The Kier molecular flexibility index (Phi) is 5.61. The number of fused-ring (bicyclic) bond motifs is 1. The third kappa shape index (κ3) is 3.59. The van der Waals surface area contributed by atoms with Gasteiger partial charge in [0.2, 0.25) is 0 Å². The van der Waals surface area contributed by atoms with Crippen LogP contribution in [-0.4, -0.2) is 75.7 Å². The van der Waals surface area contributed by atoms with Gasteiger partial charge in [-0.05, 0) is 31.4 Å². The molecule has 160 valence electrons. The fourth-order valence-corrected chi connectivity index (χ4v) is 4.28. The maximum atomic E-state index is 13.0. The van der Waals surface area contributed by atoms with Gasteiger partial charge < -0.3 is 24.0 Å². The largest absolute Gasteiger partial charge is 0.496 e. The Morgan fingerprint density at radius 3 is 2.67 bits per heavy atom. The van der Waals surface area contributed by atoms with Gasteiger partial charge in [-0.15, -0.1) is 10.2 Å². The average molecular weight is 412 g/mol. The predicted molar refractivity (Wildman–Crippen MR) is 110 cm³/mol. The zero-order valence-corrected chi connectivity index (χ0v) is 17.7. The van der Waals surface area contributed by atoms with Crippen molar-refractivity contribution in [2.45, 2.75) is 38.4 Å². The Labute approximate surface area is 176 Å². The molecule has 4 rings (SSSR count). The zero-order valence-electron chi connectivity index (χ0n) is 17.7. The van der Waals surface area contributed by atoms with E-state index < -0.39 is 0 Å². The van der Waals surface area contributed by atoms with Gasteiger partial charge in [-0.2, -0.15) is 0 Å². The number of benzene rings is 1. The monoisotopic (exact) mass is 412 g/mol. The lowest BCUT2D eigenvalue weighted by atomic mass is 10.0. The second-order valence-electron chi connectivity index (χ2n) is 7.94. The summed E-state index contributed by atoms with van der Waals surface area (Å²) in [7, 11) is 5.11. The van der Waals surface area contributed by atoms with Gasteiger partial charge >= 0.3 is 6.03 Å². The number of urea groups is 1. The number of carbonyl (C=O) groups excluding carboxylic acids is 2. The van der Waals surface area contributed by atoms with E-state index in [2.05, 4.69) is 14.8 Å². The number of likely N-dealkylation sites (tertiary alicyclic amines) is 1. The van der Waals surface area contributed by atoms with Crippen LogP contribution in [0.2, 0.25) is 0 Å². The molecule has 0 aliphatic carbocycles. The molecule has 9 nitrogen and oxygen atoms in total. The lowest BCUT2D eigenvalue weighted by Crippen LogP contribution is -2.45. The van der Waals surface area contributed by atoms with E-state index in [1.54, 1.807) is 43.1 Å². The minimum atomic E-state index is -0.0784. The molecule has 0 bridgehead atoms. The first kappa shape index (κ1) is 20.2. The maximum Gasteiger partial charge on any atom is 0.320 e. The number of rotatable bonds is 3. The Hall–Kier alpha value is -3.10. The second kappa shape index (κ2) is 8.33. The van der Waals surface area contributed by atoms with Crippen molar-refractivity contribution >= 4 is 11.9 Å². The molecule has 2 aromatic rings. The number of hydrogen-bond acceptors (Lipinski definition) is 5. The molecule has 30 heavy (non-hydrogen) atoms. The number of hydrogen-bond donors (Lipinski definition) is 0. The molecule has 3 amide bonds. The van der Waals surface area contributed by atoms with Crippen molar-refractivity contribution in [3.05, 3.63) is 41.5 Å². The van der Waals surface area contributed by atoms with E-state index in [9.17, 15) is 9.59 Å². The lowest BCUT2D eigenvalue weighted by molar-refractivity contribution is 0.0699. The molecule has 1 fully saturated rings. The van der Waals surface area contributed by atoms with Crippen molar-refractivity contribution in [3.63, 3.8) is 0 Å². The molecule has 0 radical (unpaired) electrons. The van der Waals surface area contributed by atoms with Gasteiger partial charge in [-0.25, -0.2) is 4.79 Å². The van der Waals surface area contributed by atoms with Gasteiger partial charge in [0.15, 0.2) is 11.6 Å². The van der Waals surface area contributed by atoms with E-state index in [1.807, 2.05) is 17.0 Å². The molecule has 2 aliphatic heterocycles. The molecule has 0 spiro atoms. The van der Waals surface area contributed by atoms with Crippen LogP contribution in [0.5, 0.6) is 5.75 Å². The number of carbonyl (C=O) groups is 2. The quantitative estimate of drug-likeness (QED) is 0.771. The fraction of sp³-hybridized carbons (Fsp3) is 0.524. The summed E-state index contributed by atoms with van der Waals surface area (Å²) < 4.78 is 7.42. The number of aromatic nitrogens is 3. The van der Waals surface area contributed by atoms with Crippen molar-refractivity contribution in [2.24, 2.45) is 0 Å². The summed E-state index contributed by atoms with van der Waals surface area (Å²) >= 11 is 0. The number of piperidine rings is 1. The number of methoxy groups -OCH3 is 1. The van der Waals surface area contributed by atoms with Gasteiger partial charge in [0.25, 0.3) is 5.91 Å². The Balaban J connectivity index is 1.56. The number of nitrogens with zero attached hydrogens (tertiary/aromatic N) is 6. The van der Waals surface area contributed by atoms with E-state index in [0.717, 1.165) is 37.5 Å². The third-order valence-corrected chi connectivity index (χ3v) is 5.84. The Morgan fingerprint density at radius 1 is 1.10 bits per heavy atom. The number of para-hydroxylation sites is 1. The zero-order chi connectivity index (χ0) is 21.3. The number of ether oxygens (including phenoxy) is 1. The summed E-state index contributed by atoms with van der Waals surface area (Å²) in [4.78, 5) is 31.0. The average Bonchev–Trinajstić information content (AvgIpc) is 3.21. The van der Waals surface area contributed by atoms with Crippen LogP contribution < -0.4 is 4.74 Å². The van der Waals surface area contributed by atoms with Crippen molar-refractivity contribution in [1.29, 1.82) is 0 Å². The highest BCUT2D eigenvalue weighted by molar-refractivity contribution is 5.96. The summed E-state index contributed by atoms with van der Waals surface area (Å²) in [6, 6.07) is 7.17. The van der Waals surface area contributed by atoms with Crippen LogP contribution in [0.1, 0.15) is 47.3 Å². The van der Waals surface area contributed by atoms with E-state index in [4.69, 9.17) is 4.74 Å². The first-order valence-corrected chi connectivity index (χ1v) is 10.3. The summed E-state index contributed by atoms with van der Waals surface area (Å²) in [6.07, 6.45) is 2.93. The van der Waals surface area contributed by atoms with Gasteiger partial charge in [-0.1, -0.05) is 12.1 Å². The molecule has 9 heteroatoms. The highest BCUT2D eigenvalue weighted by Gasteiger charge is 2.35. The molecular formula is C21H28N6O3. The summed E-state index contributed by atoms with van der Waals surface area (Å²) in [5, 5.41) is 8.83. The van der Waals surface area contributed by atoms with Crippen LogP contribution in [0.3, 0.4) is 0 Å². The number of amides is 3. The van der Waals surface area contributed by atoms with Crippen molar-refractivity contribution in [3.8, 4) is 5.75 Å². The fourth-order valence-electron chi connectivity index (χ4n) is 4.28. The van der Waals surface area contributed by atoms with Crippen molar-refractivity contribution in [1.82, 2.24) is 29.5 Å². The van der Waals surface area contributed by atoms with Gasteiger partial charge in [0, 0.05) is 33.7 Å². The first-order valence-electron chi connectivity index (χ1n) is 10.3. The normalized spacial score (nSPS) is 18.7. The smallest absolute Gasteiger partial charge is 0.320 e. The van der Waals surface area contributed by atoms with Crippen LogP contribution in [0.25, 0.3) is 0 Å². The molecule has 1 aromatic heterocycles. The highest BCUT2D eigenvalue weighted by Crippen LogP contribution is 2.32. The van der Waals surface area contributed by atoms with Gasteiger partial charge in [-0.3, -0.25) is 4.79 Å². The molecule has 3 heterocycles. The third-order valence-electron chi connectivity index (χ3n) is 5.84. The summed E-state index contributed by atoms with van der Waals surface area (Å²) in [6.45, 7) is 2.28. The minimum Gasteiger partial charge on any atom is -0.496 e. The Bertz CT molecular complexity index is 941. The van der Waals surface area contributed by atoms with E-state index >= 15 is 0 Å². The van der Waals surface area contributed by atoms with E-state index in [1.165, 1.54) is 0 Å². The molecule has 1 unspecified atom stereocenters. The van der Waals surface area contributed by atoms with Gasteiger partial charge in [0.1, 0.15) is 5.75 Å². The Morgan fingerprint density at radius 2 is 1.90 bits per heavy atom. The topological polar surface area (TPSA) is 83.8 Å². The minimum absolute atomic E-state index is 0.000774. The molecular weight excluding hydrogens is 384 g/mol. The highest BCUT2D eigenvalue weighted by atomic mass is 16.5. The molecule has 0 N–H and O–H groups in total. The predicted octanol–water partition coefficient (Wildman–Crippen LogP) is 2.15. The van der Waals surface area contributed by atoms with Crippen LogP contribution in [0.4, 0.5) is 4.79 Å². The van der Waals surface area contributed by atoms with Crippen molar-refractivity contribution in [2.75, 3.05) is 34.3 Å². The van der Waals surface area contributed by atoms with Gasteiger partial charge in [0.05, 0.1) is 25.3 Å². The molecule has 2 aliphatic rings. The maximum absolute atomic E-state index is 13.0. The van der Waals surface area contributed by atoms with Crippen LogP contribution in [0, 0.1) is 0 Å². The summed E-state index contributed by atoms with van der Waals surface area (Å²) in [5.74, 6) is 2.06. The first-order chi connectivity index (χ1) is 14.5. The molecule has 0 saturated carbocycles. The standard InChI is InChI=1S/C21H28N6O3/c1-24(2)21(29)26-11-7-6-9-16(26)19-23-22-18-14-25(12-13-27(18)19)20(28)15-8-4-5-10-17(15)30-3/h4-5,8,10,16H,6-7,9,11-14H2,1-3H3.